The van der Waals surface area contributed by atoms with Gasteiger partial charge in [-0.2, -0.15) is 0 Å². The highest BCUT2D eigenvalue weighted by molar-refractivity contribution is 5.95. The molecular formula is C12H21N3O3. The number of nitrogens with one attached hydrogen (secondary N) is 2. The molecule has 0 saturated carbocycles. The molecule has 1 saturated heterocycles. The Bertz CT molecular complexity index is 318. The molecule has 0 spiro atoms. The van der Waals surface area contributed by atoms with E-state index < -0.39 is 6.03 Å². The number of carbonyl (C=O) groups is 3. The number of piperidine rings is 1. The first-order valence-corrected chi connectivity index (χ1v) is 6.29. The third-order valence-corrected chi connectivity index (χ3v) is 2.77. The lowest BCUT2D eigenvalue weighted by Gasteiger charge is -2.29. The highest BCUT2D eigenvalue weighted by Crippen LogP contribution is 2.13. The average Bonchev–Trinajstić information content (AvgIpc) is 2.27. The second-order valence-corrected chi connectivity index (χ2v) is 4.95. The molecule has 6 heteroatoms. The first-order chi connectivity index (χ1) is 8.51. The van der Waals surface area contributed by atoms with E-state index in [-0.39, 0.29) is 24.4 Å². The van der Waals surface area contributed by atoms with Crippen molar-refractivity contribution in [3.05, 3.63) is 0 Å². The van der Waals surface area contributed by atoms with E-state index in [1.807, 2.05) is 18.7 Å². The van der Waals surface area contributed by atoms with Gasteiger partial charge in [-0.25, -0.2) is 4.79 Å². The van der Waals surface area contributed by atoms with Crippen molar-refractivity contribution in [2.45, 2.75) is 32.7 Å². The maximum Gasteiger partial charge on any atom is 0.321 e. The van der Waals surface area contributed by atoms with Crippen molar-refractivity contribution in [1.82, 2.24) is 15.5 Å². The van der Waals surface area contributed by atoms with Crippen molar-refractivity contribution < 1.29 is 14.4 Å². The molecule has 1 rings (SSSR count). The fraction of sp³-hybridized carbons (Fsp3) is 0.750. The normalized spacial score (nSPS) is 20.5. The number of hydrogen-bond acceptors (Lipinski definition) is 4. The molecule has 2 N–H and O–H groups in total. The minimum Gasteiger partial charge on any atom is -0.336 e. The van der Waals surface area contributed by atoms with E-state index in [1.165, 1.54) is 0 Å². The Morgan fingerprint density at radius 3 is 2.78 bits per heavy atom. The molecule has 0 aromatic carbocycles. The second kappa shape index (κ2) is 7.10. The Morgan fingerprint density at radius 1 is 1.44 bits per heavy atom. The summed E-state index contributed by atoms with van der Waals surface area (Å²) in [5, 5.41) is 4.86. The Hall–Kier alpha value is -1.43. The standard InChI is InChI=1S/C12H21N3O3/c1-9(2)13-12(18)14-11(17)7-15-5-3-4-10(6-15)8-16/h8-10H,3-7H2,1-2H3,(H2,13,14,17,18). The zero-order valence-electron chi connectivity index (χ0n) is 10.9. The number of imide groups is 1. The molecule has 1 unspecified atom stereocenters. The molecule has 6 nitrogen and oxygen atoms in total. The van der Waals surface area contributed by atoms with Gasteiger partial charge in [-0.15, -0.1) is 0 Å². The number of hydrogen-bond donors (Lipinski definition) is 2. The SMILES string of the molecule is CC(C)NC(=O)NC(=O)CN1CCCC(C=O)C1. The third kappa shape index (κ3) is 5.27. The van der Waals surface area contributed by atoms with Gasteiger partial charge in [0.25, 0.3) is 0 Å². The number of aldehydes is 1. The number of amides is 3. The van der Waals surface area contributed by atoms with Crippen LogP contribution in [0.1, 0.15) is 26.7 Å². The van der Waals surface area contributed by atoms with E-state index in [9.17, 15) is 14.4 Å². The summed E-state index contributed by atoms with van der Waals surface area (Å²) in [6.45, 7) is 5.20. The molecule has 0 aromatic heterocycles. The van der Waals surface area contributed by atoms with Crippen LogP contribution in [0.25, 0.3) is 0 Å². The molecule has 3 amide bonds. The Kier molecular flexibility index (Phi) is 5.77. The van der Waals surface area contributed by atoms with Crippen LogP contribution >= 0.6 is 0 Å². The van der Waals surface area contributed by atoms with Gasteiger partial charge in [0.15, 0.2) is 0 Å². The Morgan fingerprint density at radius 2 is 2.17 bits per heavy atom. The number of urea groups is 1. The molecule has 18 heavy (non-hydrogen) atoms. The number of carbonyl (C=O) groups excluding carboxylic acids is 3. The van der Waals surface area contributed by atoms with Crippen LogP contribution in [0.5, 0.6) is 0 Å². The van der Waals surface area contributed by atoms with Crippen LogP contribution in [0.3, 0.4) is 0 Å². The predicted octanol–water partition coefficient (Wildman–Crippen LogP) is 0.132. The molecule has 1 aliphatic rings. The molecular weight excluding hydrogens is 234 g/mol. The summed E-state index contributed by atoms with van der Waals surface area (Å²) in [5.74, 6) is -0.323. The quantitative estimate of drug-likeness (QED) is 0.700. The molecule has 1 atom stereocenters. The summed E-state index contributed by atoms with van der Waals surface area (Å²) in [6.07, 6.45) is 2.74. The summed E-state index contributed by atoms with van der Waals surface area (Å²) in [4.78, 5) is 35.5. The van der Waals surface area contributed by atoms with E-state index in [2.05, 4.69) is 10.6 Å². The molecule has 0 bridgehead atoms. The number of rotatable bonds is 4. The van der Waals surface area contributed by atoms with Crippen LogP contribution in [0.2, 0.25) is 0 Å². The fourth-order valence-electron chi connectivity index (χ4n) is 2.01. The third-order valence-electron chi connectivity index (χ3n) is 2.77. The van der Waals surface area contributed by atoms with Gasteiger partial charge in [0, 0.05) is 18.5 Å². The van der Waals surface area contributed by atoms with Gasteiger partial charge < -0.3 is 10.1 Å². The average molecular weight is 255 g/mol. The van der Waals surface area contributed by atoms with E-state index in [0.29, 0.717) is 6.54 Å². The summed E-state index contributed by atoms with van der Waals surface area (Å²) in [7, 11) is 0. The highest BCUT2D eigenvalue weighted by atomic mass is 16.2. The Balaban J connectivity index is 2.31. The molecule has 0 radical (unpaired) electrons. The van der Waals surface area contributed by atoms with Crippen molar-refractivity contribution in [2.24, 2.45) is 5.92 Å². The van der Waals surface area contributed by atoms with Crippen LogP contribution < -0.4 is 10.6 Å². The minimum atomic E-state index is -0.473. The zero-order valence-corrected chi connectivity index (χ0v) is 10.9. The number of nitrogens with zero attached hydrogens (tertiary/aromatic N) is 1. The van der Waals surface area contributed by atoms with Gasteiger partial charge in [-0.3, -0.25) is 15.0 Å². The van der Waals surface area contributed by atoms with Crippen LogP contribution in [0, 0.1) is 5.92 Å². The van der Waals surface area contributed by atoms with Crippen molar-refractivity contribution in [1.29, 1.82) is 0 Å². The van der Waals surface area contributed by atoms with E-state index in [4.69, 9.17) is 0 Å². The van der Waals surface area contributed by atoms with Crippen molar-refractivity contribution >= 4 is 18.2 Å². The lowest BCUT2D eigenvalue weighted by atomic mass is 10.00. The van der Waals surface area contributed by atoms with Crippen LogP contribution in [0.4, 0.5) is 4.79 Å². The van der Waals surface area contributed by atoms with Gasteiger partial charge in [0.2, 0.25) is 5.91 Å². The monoisotopic (exact) mass is 255 g/mol. The fourth-order valence-corrected chi connectivity index (χ4v) is 2.01. The van der Waals surface area contributed by atoms with Gasteiger partial charge in [-0.05, 0) is 33.2 Å². The van der Waals surface area contributed by atoms with Crippen molar-refractivity contribution in [3.63, 3.8) is 0 Å². The first kappa shape index (κ1) is 14.6. The largest absolute Gasteiger partial charge is 0.336 e. The lowest BCUT2D eigenvalue weighted by Crippen LogP contribution is -2.48. The Labute approximate surface area is 107 Å². The summed E-state index contributed by atoms with van der Waals surface area (Å²) in [6, 6.07) is -0.480. The van der Waals surface area contributed by atoms with Gasteiger partial charge in [0.1, 0.15) is 6.29 Å². The van der Waals surface area contributed by atoms with Gasteiger partial charge >= 0.3 is 6.03 Å². The molecule has 0 aromatic rings. The van der Waals surface area contributed by atoms with Crippen LogP contribution in [0.15, 0.2) is 0 Å². The molecule has 102 valence electrons. The maximum atomic E-state index is 11.6. The molecule has 1 aliphatic heterocycles. The predicted molar refractivity (Wildman–Crippen MR) is 67.0 cm³/mol. The second-order valence-electron chi connectivity index (χ2n) is 4.95. The van der Waals surface area contributed by atoms with Crippen LogP contribution in [-0.4, -0.2) is 48.8 Å². The summed E-state index contributed by atoms with van der Waals surface area (Å²) < 4.78 is 0. The van der Waals surface area contributed by atoms with E-state index >= 15 is 0 Å². The maximum absolute atomic E-state index is 11.6. The van der Waals surface area contributed by atoms with E-state index in [0.717, 1.165) is 25.7 Å². The molecule has 1 heterocycles. The van der Waals surface area contributed by atoms with Gasteiger partial charge in [0.05, 0.1) is 6.54 Å². The topological polar surface area (TPSA) is 78.5 Å². The highest BCUT2D eigenvalue weighted by Gasteiger charge is 2.21. The van der Waals surface area contributed by atoms with Crippen LogP contribution in [-0.2, 0) is 9.59 Å². The number of likely N-dealkylation sites (tertiary alicyclic amines) is 1. The van der Waals surface area contributed by atoms with Gasteiger partial charge in [-0.1, -0.05) is 0 Å². The minimum absolute atomic E-state index is 0.00719. The smallest absolute Gasteiger partial charge is 0.321 e. The zero-order chi connectivity index (χ0) is 13.5. The van der Waals surface area contributed by atoms with Crippen molar-refractivity contribution in [2.75, 3.05) is 19.6 Å². The summed E-state index contributed by atoms with van der Waals surface area (Å²) in [5.41, 5.74) is 0. The molecule has 1 fully saturated rings. The summed E-state index contributed by atoms with van der Waals surface area (Å²) >= 11 is 0. The molecule has 0 aliphatic carbocycles. The lowest BCUT2D eigenvalue weighted by molar-refractivity contribution is -0.122. The van der Waals surface area contributed by atoms with Crippen molar-refractivity contribution in [3.8, 4) is 0 Å². The van der Waals surface area contributed by atoms with E-state index in [1.54, 1.807) is 0 Å². The first-order valence-electron chi connectivity index (χ1n) is 6.29.